The highest BCUT2D eigenvalue weighted by molar-refractivity contribution is 5.56. The Morgan fingerprint density at radius 3 is 2.80 bits per heavy atom. The summed E-state index contributed by atoms with van der Waals surface area (Å²) in [7, 11) is 0. The second-order valence-electron chi connectivity index (χ2n) is 4.83. The number of benzene rings is 1. The smallest absolute Gasteiger partial charge is 0.310 e. The molecule has 0 radical (unpaired) electrons. The summed E-state index contributed by atoms with van der Waals surface area (Å²) in [5.74, 6) is 1.03. The number of rotatable bonds is 1. The molecule has 0 bridgehead atoms. The lowest BCUT2D eigenvalue weighted by Crippen LogP contribution is -2.25. The number of nitrogens with two attached hydrogens (primary N) is 1. The van der Waals surface area contributed by atoms with Gasteiger partial charge in [0.15, 0.2) is 5.82 Å². The zero-order chi connectivity index (χ0) is 14.3. The first-order valence-electron chi connectivity index (χ1n) is 6.34. The Balaban J connectivity index is 2.02. The molecule has 3 rings (SSSR count). The lowest BCUT2D eigenvalue weighted by molar-refractivity contribution is -0.137. The van der Waals surface area contributed by atoms with E-state index >= 15 is 0 Å². The molecule has 0 spiro atoms. The predicted octanol–water partition coefficient (Wildman–Crippen LogP) is 2.76. The third kappa shape index (κ3) is 2.29. The monoisotopic (exact) mass is 282 g/mol. The fourth-order valence-corrected chi connectivity index (χ4v) is 2.34. The number of aromatic nitrogens is 3. The van der Waals surface area contributed by atoms with Crippen LogP contribution in [0.15, 0.2) is 24.3 Å². The Labute approximate surface area is 113 Å². The standard InChI is InChI=1S/C13H13F3N4/c14-13(15,16)9-4-1-3-8(7-9)12-18-11-6-2-5-10(17)20(11)19-12/h1,3-4,7,10H,2,5-6,17H2. The summed E-state index contributed by atoms with van der Waals surface area (Å²) >= 11 is 0. The highest BCUT2D eigenvalue weighted by Gasteiger charge is 2.31. The van der Waals surface area contributed by atoms with Gasteiger partial charge in [-0.2, -0.15) is 13.2 Å². The van der Waals surface area contributed by atoms with Crippen molar-refractivity contribution in [2.24, 2.45) is 5.73 Å². The van der Waals surface area contributed by atoms with E-state index in [1.807, 2.05) is 0 Å². The first-order chi connectivity index (χ1) is 9.45. The Kier molecular flexibility index (Phi) is 3.01. The average molecular weight is 282 g/mol. The average Bonchev–Trinajstić information content (AvgIpc) is 2.83. The van der Waals surface area contributed by atoms with Crippen LogP contribution in [0.4, 0.5) is 13.2 Å². The molecular weight excluding hydrogens is 269 g/mol. The summed E-state index contributed by atoms with van der Waals surface area (Å²) in [6.45, 7) is 0. The number of hydrogen-bond acceptors (Lipinski definition) is 3. The Bertz CT molecular complexity index is 633. The van der Waals surface area contributed by atoms with Gasteiger partial charge in [0.25, 0.3) is 0 Å². The van der Waals surface area contributed by atoms with Crippen molar-refractivity contribution >= 4 is 0 Å². The van der Waals surface area contributed by atoms with Gasteiger partial charge >= 0.3 is 6.18 Å². The minimum atomic E-state index is -4.37. The number of fused-ring (bicyclic) bond motifs is 1. The van der Waals surface area contributed by atoms with Gasteiger partial charge in [-0.05, 0) is 25.0 Å². The molecule has 1 atom stereocenters. The lowest BCUT2D eigenvalue weighted by atomic mass is 10.1. The van der Waals surface area contributed by atoms with Crippen molar-refractivity contribution in [2.45, 2.75) is 31.6 Å². The van der Waals surface area contributed by atoms with E-state index in [1.54, 1.807) is 10.7 Å². The van der Waals surface area contributed by atoms with Crippen molar-refractivity contribution < 1.29 is 13.2 Å². The minimum Gasteiger partial charge on any atom is -0.310 e. The molecule has 106 valence electrons. The molecule has 1 aliphatic rings. The maximum atomic E-state index is 12.7. The van der Waals surface area contributed by atoms with Gasteiger partial charge in [-0.15, -0.1) is 5.10 Å². The van der Waals surface area contributed by atoms with Gasteiger partial charge in [0.05, 0.1) is 5.56 Å². The number of aryl methyl sites for hydroxylation is 1. The van der Waals surface area contributed by atoms with E-state index in [-0.39, 0.29) is 6.17 Å². The van der Waals surface area contributed by atoms with E-state index in [2.05, 4.69) is 10.1 Å². The van der Waals surface area contributed by atoms with Gasteiger partial charge < -0.3 is 5.73 Å². The summed E-state index contributed by atoms with van der Waals surface area (Å²) < 4.78 is 39.7. The molecular formula is C13H13F3N4. The molecule has 2 heterocycles. The number of nitrogens with zero attached hydrogens (tertiary/aromatic N) is 3. The summed E-state index contributed by atoms with van der Waals surface area (Å²) in [5, 5.41) is 4.24. The normalized spacial score (nSPS) is 18.9. The number of halogens is 3. The van der Waals surface area contributed by atoms with Gasteiger partial charge in [-0.3, -0.25) is 0 Å². The van der Waals surface area contributed by atoms with Crippen molar-refractivity contribution in [3.05, 3.63) is 35.7 Å². The van der Waals surface area contributed by atoms with Crippen LogP contribution in [0.5, 0.6) is 0 Å². The van der Waals surface area contributed by atoms with Crippen LogP contribution < -0.4 is 5.73 Å². The molecule has 0 aliphatic carbocycles. The van der Waals surface area contributed by atoms with Crippen LogP contribution in [0, 0.1) is 0 Å². The van der Waals surface area contributed by atoms with Crippen LogP contribution in [0.25, 0.3) is 11.4 Å². The van der Waals surface area contributed by atoms with Gasteiger partial charge in [-0.1, -0.05) is 12.1 Å². The maximum Gasteiger partial charge on any atom is 0.416 e. The summed E-state index contributed by atoms with van der Waals surface area (Å²) in [5.41, 5.74) is 5.57. The van der Waals surface area contributed by atoms with E-state index in [0.717, 1.165) is 37.2 Å². The fourth-order valence-electron chi connectivity index (χ4n) is 2.34. The highest BCUT2D eigenvalue weighted by atomic mass is 19.4. The molecule has 1 aliphatic heterocycles. The van der Waals surface area contributed by atoms with Crippen LogP contribution in [0.3, 0.4) is 0 Å². The SMILES string of the molecule is NC1CCCc2nc(-c3cccc(C(F)(F)F)c3)nn21. The van der Waals surface area contributed by atoms with Crippen molar-refractivity contribution in [2.75, 3.05) is 0 Å². The van der Waals surface area contributed by atoms with Crippen LogP contribution in [0.1, 0.15) is 30.4 Å². The Morgan fingerprint density at radius 1 is 1.30 bits per heavy atom. The van der Waals surface area contributed by atoms with E-state index in [9.17, 15) is 13.2 Å². The van der Waals surface area contributed by atoms with Gasteiger partial charge in [0, 0.05) is 12.0 Å². The maximum absolute atomic E-state index is 12.7. The van der Waals surface area contributed by atoms with Crippen molar-refractivity contribution in [1.29, 1.82) is 0 Å². The summed E-state index contributed by atoms with van der Waals surface area (Å²) in [6, 6.07) is 5.03. The molecule has 0 amide bonds. The van der Waals surface area contributed by atoms with Gasteiger partial charge in [0.2, 0.25) is 0 Å². The molecule has 4 nitrogen and oxygen atoms in total. The van der Waals surface area contributed by atoms with Crippen molar-refractivity contribution in [3.8, 4) is 11.4 Å². The molecule has 20 heavy (non-hydrogen) atoms. The molecule has 1 aromatic heterocycles. The molecule has 0 saturated carbocycles. The van der Waals surface area contributed by atoms with Gasteiger partial charge in [-0.25, -0.2) is 9.67 Å². The van der Waals surface area contributed by atoms with Crippen LogP contribution >= 0.6 is 0 Å². The first-order valence-corrected chi connectivity index (χ1v) is 6.34. The third-order valence-electron chi connectivity index (χ3n) is 3.36. The molecule has 1 unspecified atom stereocenters. The zero-order valence-corrected chi connectivity index (χ0v) is 10.6. The summed E-state index contributed by atoms with van der Waals surface area (Å²) in [4.78, 5) is 4.30. The minimum absolute atomic E-state index is 0.245. The van der Waals surface area contributed by atoms with Crippen LogP contribution in [0.2, 0.25) is 0 Å². The second-order valence-corrected chi connectivity index (χ2v) is 4.83. The fraction of sp³-hybridized carbons (Fsp3) is 0.385. The molecule has 2 N–H and O–H groups in total. The molecule has 0 saturated heterocycles. The molecule has 2 aromatic rings. The zero-order valence-electron chi connectivity index (χ0n) is 10.6. The number of hydrogen-bond donors (Lipinski definition) is 1. The highest BCUT2D eigenvalue weighted by Crippen LogP contribution is 2.32. The van der Waals surface area contributed by atoms with E-state index in [0.29, 0.717) is 11.4 Å². The lowest BCUT2D eigenvalue weighted by Gasteiger charge is -2.18. The summed E-state index contributed by atoms with van der Waals surface area (Å²) in [6.07, 6.45) is -2.14. The molecule has 7 heteroatoms. The third-order valence-corrected chi connectivity index (χ3v) is 3.36. The Hall–Kier alpha value is -1.89. The predicted molar refractivity (Wildman–Crippen MR) is 66.6 cm³/mol. The van der Waals surface area contributed by atoms with E-state index in [4.69, 9.17) is 5.73 Å². The van der Waals surface area contributed by atoms with Crippen molar-refractivity contribution in [1.82, 2.24) is 14.8 Å². The quantitative estimate of drug-likeness (QED) is 0.875. The second kappa shape index (κ2) is 4.59. The van der Waals surface area contributed by atoms with Crippen LogP contribution in [-0.2, 0) is 12.6 Å². The Morgan fingerprint density at radius 2 is 2.10 bits per heavy atom. The number of alkyl halides is 3. The van der Waals surface area contributed by atoms with Crippen LogP contribution in [-0.4, -0.2) is 14.8 Å². The van der Waals surface area contributed by atoms with E-state index in [1.165, 1.54) is 6.07 Å². The molecule has 1 aromatic carbocycles. The topological polar surface area (TPSA) is 56.7 Å². The van der Waals surface area contributed by atoms with Gasteiger partial charge in [0.1, 0.15) is 12.0 Å². The van der Waals surface area contributed by atoms with Crippen molar-refractivity contribution in [3.63, 3.8) is 0 Å². The molecule has 0 fully saturated rings. The first kappa shape index (κ1) is 13.1. The van der Waals surface area contributed by atoms with E-state index < -0.39 is 11.7 Å². The largest absolute Gasteiger partial charge is 0.416 e.